The molecule has 0 aliphatic carbocycles. The van der Waals surface area contributed by atoms with Crippen LogP contribution in [0.4, 0.5) is 5.69 Å². The molecule has 3 aromatic rings. The maximum absolute atomic E-state index is 12.4. The zero-order valence-electron chi connectivity index (χ0n) is 17.3. The van der Waals surface area contributed by atoms with Crippen molar-refractivity contribution in [2.45, 2.75) is 51.2 Å². The Kier molecular flexibility index (Phi) is 7.47. The lowest BCUT2D eigenvalue weighted by molar-refractivity contribution is -0.113. The van der Waals surface area contributed by atoms with Gasteiger partial charge < -0.3 is 9.88 Å². The van der Waals surface area contributed by atoms with Gasteiger partial charge in [-0.05, 0) is 42.5 Å². The minimum atomic E-state index is -0.0402. The van der Waals surface area contributed by atoms with Gasteiger partial charge in [0.2, 0.25) is 5.91 Å². The van der Waals surface area contributed by atoms with E-state index in [9.17, 15) is 4.79 Å². The lowest BCUT2D eigenvalue weighted by Crippen LogP contribution is -2.14. The number of hydrogen-bond acceptors (Lipinski definition) is 4. The molecule has 2 aromatic carbocycles. The van der Waals surface area contributed by atoms with Crippen LogP contribution in [0.2, 0.25) is 0 Å². The predicted octanol–water partition coefficient (Wildman–Crippen LogP) is 5.13. The Hall–Kier alpha value is -2.60. The third-order valence-corrected chi connectivity index (χ3v) is 5.99. The van der Waals surface area contributed by atoms with Gasteiger partial charge in [0.25, 0.3) is 0 Å². The molecule has 1 aromatic heterocycles. The van der Waals surface area contributed by atoms with Gasteiger partial charge in [-0.15, -0.1) is 10.2 Å². The molecule has 3 rings (SSSR count). The summed E-state index contributed by atoms with van der Waals surface area (Å²) >= 11 is 1.42. The SMILES string of the molecule is CC[C@H](C)c1ccc(NC(=O)CSc2nnc(Cc3ccccc3)n2CC)cc1. The number of nitrogens with one attached hydrogen (secondary N) is 1. The predicted molar refractivity (Wildman–Crippen MR) is 119 cm³/mol. The van der Waals surface area contributed by atoms with Gasteiger partial charge in [0.05, 0.1) is 5.75 Å². The Morgan fingerprint density at radius 2 is 1.79 bits per heavy atom. The van der Waals surface area contributed by atoms with Crippen molar-refractivity contribution in [3.05, 3.63) is 71.5 Å². The molecule has 0 saturated heterocycles. The lowest BCUT2D eigenvalue weighted by atomic mass is 9.99. The summed E-state index contributed by atoms with van der Waals surface area (Å²) in [6, 6.07) is 18.3. The molecule has 0 aliphatic heterocycles. The van der Waals surface area contributed by atoms with Crippen LogP contribution >= 0.6 is 11.8 Å². The molecule has 0 radical (unpaired) electrons. The van der Waals surface area contributed by atoms with Crippen LogP contribution in [0.15, 0.2) is 59.8 Å². The van der Waals surface area contributed by atoms with Crippen LogP contribution in [0.3, 0.4) is 0 Å². The van der Waals surface area contributed by atoms with Gasteiger partial charge in [0.1, 0.15) is 5.82 Å². The number of aromatic nitrogens is 3. The van der Waals surface area contributed by atoms with Gasteiger partial charge in [-0.25, -0.2) is 0 Å². The number of carbonyl (C=O) groups excluding carboxylic acids is 1. The highest BCUT2D eigenvalue weighted by Gasteiger charge is 2.14. The van der Waals surface area contributed by atoms with E-state index in [-0.39, 0.29) is 5.91 Å². The topological polar surface area (TPSA) is 59.8 Å². The van der Waals surface area contributed by atoms with Crippen LogP contribution in [-0.4, -0.2) is 26.4 Å². The highest BCUT2D eigenvalue weighted by atomic mass is 32.2. The second-order valence-electron chi connectivity index (χ2n) is 7.07. The molecule has 0 aliphatic rings. The molecule has 1 N–H and O–H groups in total. The number of anilines is 1. The monoisotopic (exact) mass is 408 g/mol. The number of nitrogens with zero attached hydrogens (tertiary/aromatic N) is 3. The Morgan fingerprint density at radius 3 is 2.45 bits per heavy atom. The Morgan fingerprint density at radius 1 is 1.07 bits per heavy atom. The maximum Gasteiger partial charge on any atom is 0.234 e. The van der Waals surface area contributed by atoms with E-state index in [0.717, 1.165) is 36.1 Å². The molecule has 6 heteroatoms. The summed E-state index contributed by atoms with van der Waals surface area (Å²) in [6.45, 7) is 7.23. The van der Waals surface area contributed by atoms with E-state index in [1.54, 1.807) is 0 Å². The summed E-state index contributed by atoms with van der Waals surface area (Å²) in [7, 11) is 0. The van der Waals surface area contributed by atoms with Crippen molar-refractivity contribution in [2.24, 2.45) is 0 Å². The van der Waals surface area contributed by atoms with Crippen LogP contribution in [0.1, 0.15) is 50.1 Å². The summed E-state index contributed by atoms with van der Waals surface area (Å²) in [4.78, 5) is 12.4. The number of hydrogen-bond donors (Lipinski definition) is 1. The molecule has 152 valence electrons. The fourth-order valence-electron chi connectivity index (χ4n) is 3.11. The number of thioether (sulfide) groups is 1. The molecule has 0 spiro atoms. The Bertz CT molecular complexity index is 922. The molecular formula is C23H28N4OS. The minimum absolute atomic E-state index is 0.0402. The van der Waals surface area contributed by atoms with E-state index >= 15 is 0 Å². The number of rotatable bonds is 9. The largest absolute Gasteiger partial charge is 0.325 e. The first-order valence-corrected chi connectivity index (χ1v) is 11.1. The minimum Gasteiger partial charge on any atom is -0.325 e. The molecule has 0 fully saturated rings. The van der Waals surface area contributed by atoms with Crippen molar-refractivity contribution in [3.63, 3.8) is 0 Å². The van der Waals surface area contributed by atoms with Crippen molar-refractivity contribution in [1.82, 2.24) is 14.8 Å². The van der Waals surface area contributed by atoms with E-state index in [1.807, 2.05) is 30.3 Å². The highest BCUT2D eigenvalue weighted by Crippen LogP contribution is 2.22. The first-order valence-electron chi connectivity index (χ1n) is 10.1. The standard InChI is InChI=1S/C23H28N4OS/c1-4-17(3)19-11-13-20(14-12-19)24-22(28)16-29-23-26-25-21(27(23)5-2)15-18-9-7-6-8-10-18/h6-14,17H,4-5,15-16H2,1-3H3,(H,24,28)/t17-/m0/s1. The van der Waals surface area contributed by atoms with Crippen molar-refractivity contribution in [2.75, 3.05) is 11.1 Å². The van der Waals surface area contributed by atoms with Crippen LogP contribution in [-0.2, 0) is 17.8 Å². The average Bonchev–Trinajstić information content (AvgIpc) is 3.14. The van der Waals surface area contributed by atoms with Crippen molar-refractivity contribution < 1.29 is 4.79 Å². The number of benzene rings is 2. The van der Waals surface area contributed by atoms with E-state index in [4.69, 9.17) is 0 Å². The van der Waals surface area contributed by atoms with E-state index in [1.165, 1.54) is 22.9 Å². The molecule has 29 heavy (non-hydrogen) atoms. The fraction of sp³-hybridized carbons (Fsp3) is 0.348. The van der Waals surface area contributed by atoms with Gasteiger partial charge >= 0.3 is 0 Å². The van der Waals surface area contributed by atoms with E-state index in [2.05, 4.69) is 65.1 Å². The average molecular weight is 409 g/mol. The second-order valence-corrected chi connectivity index (χ2v) is 8.02. The highest BCUT2D eigenvalue weighted by molar-refractivity contribution is 7.99. The molecular weight excluding hydrogens is 380 g/mol. The van der Waals surface area contributed by atoms with Gasteiger partial charge in [-0.3, -0.25) is 4.79 Å². The Labute approximate surface area is 176 Å². The maximum atomic E-state index is 12.4. The molecule has 0 bridgehead atoms. The third kappa shape index (κ3) is 5.70. The van der Waals surface area contributed by atoms with E-state index < -0.39 is 0 Å². The lowest BCUT2D eigenvalue weighted by Gasteiger charge is -2.11. The number of carbonyl (C=O) groups is 1. The van der Waals surface area contributed by atoms with Gasteiger partial charge in [-0.2, -0.15) is 0 Å². The molecule has 1 atom stereocenters. The van der Waals surface area contributed by atoms with Crippen LogP contribution in [0, 0.1) is 0 Å². The summed E-state index contributed by atoms with van der Waals surface area (Å²) < 4.78 is 2.08. The first kappa shape index (κ1) is 21.1. The van der Waals surface area contributed by atoms with Gasteiger partial charge in [0.15, 0.2) is 5.16 Å². The van der Waals surface area contributed by atoms with Crippen LogP contribution in [0.25, 0.3) is 0 Å². The molecule has 0 unspecified atom stereocenters. The van der Waals surface area contributed by atoms with Crippen LogP contribution in [0.5, 0.6) is 0 Å². The summed E-state index contributed by atoms with van der Waals surface area (Å²) in [5.74, 6) is 1.71. The molecule has 1 amide bonds. The normalized spacial score (nSPS) is 12.0. The van der Waals surface area contributed by atoms with Gasteiger partial charge in [0, 0.05) is 18.7 Å². The van der Waals surface area contributed by atoms with Crippen molar-refractivity contribution >= 4 is 23.4 Å². The van der Waals surface area contributed by atoms with Crippen molar-refractivity contribution in [1.29, 1.82) is 0 Å². The second kappa shape index (κ2) is 10.3. The Balaban J connectivity index is 1.57. The quantitative estimate of drug-likeness (QED) is 0.499. The summed E-state index contributed by atoms with van der Waals surface area (Å²) in [5.41, 5.74) is 3.32. The molecule has 1 heterocycles. The fourth-order valence-corrected chi connectivity index (χ4v) is 3.93. The zero-order valence-corrected chi connectivity index (χ0v) is 18.1. The summed E-state index contributed by atoms with van der Waals surface area (Å²) in [5, 5.41) is 12.4. The van der Waals surface area contributed by atoms with Gasteiger partial charge in [-0.1, -0.05) is 68.1 Å². The van der Waals surface area contributed by atoms with Crippen LogP contribution < -0.4 is 5.32 Å². The summed E-state index contributed by atoms with van der Waals surface area (Å²) in [6.07, 6.45) is 1.84. The van der Waals surface area contributed by atoms with E-state index in [0.29, 0.717) is 11.7 Å². The molecule has 5 nitrogen and oxygen atoms in total. The molecule has 0 saturated carbocycles. The first-order chi connectivity index (χ1) is 14.1. The number of amides is 1. The smallest absolute Gasteiger partial charge is 0.234 e. The van der Waals surface area contributed by atoms with Crippen molar-refractivity contribution in [3.8, 4) is 0 Å². The zero-order chi connectivity index (χ0) is 20.6. The third-order valence-electron chi connectivity index (χ3n) is 5.02.